The Bertz CT molecular complexity index is 762. The van der Waals surface area contributed by atoms with Gasteiger partial charge in [0.05, 0.1) is 4.92 Å². The lowest BCUT2D eigenvalue weighted by Crippen LogP contribution is -2.28. The predicted octanol–water partition coefficient (Wildman–Crippen LogP) is 3.86. The molecule has 2 amide bonds. The van der Waals surface area contributed by atoms with E-state index in [1.165, 1.54) is 48.5 Å². The lowest BCUT2D eigenvalue weighted by Gasteiger charge is -2.10. The molecule has 0 aliphatic carbocycles. The van der Waals surface area contributed by atoms with E-state index < -0.39 is 23.7 Å². The number of carbonyl (C=O) groups excluding carboxylic acids is 1. The average molecular weight is 369 g/mol. The minimum atomic E-state index is -4.41. The molecule has 0 unspecified atom stereocenters. The molecule has 10 heteroatoms. The molecular formula is C16H14F3N3O4. The molecule has 2 rings (SSSR count). The van der Waals surface area contributed by atoms with Crippen molar-refractivity contribution in [2.45, 2.75) is 12.7 Å². The number of nitro groups is 1. The Morgan fingerprint density at radius 1 is 1.08 bits per heavy atom. The highest BCUT2D eigenvalue weighted by Crippen LogP contribution is 2.19. The van der Waals surface area contributed by atoms with Gasteiger partial charge < -0.3 is 15.4 Å². The van der Waals surface area contributed by atoms with Gasteiger partial charge in [-0.1, -0.05) is 12.1 Å². The zero-order chi connectivity index (χ0) is 19.2. The van der Waals surface area contributed by atoms with Crippen molar-refractivity contribution < 1.29 is 27.6 Å². The molecule has 2 aromatic carbocycles. The third kappa shape index (κ3) is 6.30. The first-order valence-electron chi connectivity index (χ1n) is 7.31. The molecule has 0 spiro atoms. The zero-order valence-electron chi connectivity index (χ0n) is 13.2. The van der Waals surface area contributed by atoms with E-state index in [2.05, 4.69) is 15.4 Å². The summed E-state index contributed by atoms with van der Waals surface area (Å²) in [6, 6.07) is 10.6. The first-order chi connectivity index (χ1) is 12.2. The number of rotatable bonds is 6. The summed E-state index contributed by atoms with van der Waals surface area (Å²) in [6.45, 7) is -1.24. The molecule has 2 N–H and O–H groups in total. The lowest BCUT2D eigenvalue weighted by atomic mass is 10.2. The van der Waals surface area contributed by atoms with Crippen LogP contribution >= 0.6 is 0 Å². The van der Waals surface area contributed by atoms with Gasteiger partial charge in [0.15, 0.2) is 6.61 Å². The quantitative estimate of drug-likeness (QED) is 0.597. The number of nitrogens with one attached hydrogen (secondary N) is 2. The van der Waals surface area contributed by atoms with E-state index in [0.717, 1.165) is 0 Å². The normalized spacial score (nSPS) is 10.9. The maximum absolute atomic E-state index is 12.1. The van der Waals surface area contributed by atoms with E-state index in [4.69, 9.17) is 0 Å². The second kappa shape index (κ2) is 8.19. The van der Waals surface area contributed by atoms with Crippen molar-refractivity contribution in [1.29, 1.82) is 0 Å². The van der Waals surface area contributed by atoms with Gasteiger partial charge in [-0.25, -0.2) is 4.79 Å². The Labute approximate surface area is 145 Å². The van der Waals surface area contributed by atoms with Crippen molar-refractivity contribution in [3.8, 4) is 5.75 Å². The number of benzene rings is 2. The number of nitrogens with zero attached hydrogens (tertiary/aromatic N) is 1. The number of non-ortho nitro benzene ring substituents is 1. The number of halogens is 3. The summed E-state index contributed by atoms with van der Waals surface area (Å²) in [5.41, 5.74) is 0.941. The highest BCUT2D eigenvalue weighted by atomic mass is 19.4. The summed E-state index contributed by atoms with van der Waals surface area (Å²) in [5.74, 6) is 0.0707. The molecule has 7 nitrogen and oxygen atoms in total. The Hall–Kier alpha value is -3.30. The molecule has 138 valence electrons. The number of carbonyl (C=O) groups is 1. The van der Waals surface area contributed by atoms with Crippen LogP contribution in [0.5, 0.6) is 5.75 Å². The minimum Gasteiger partial charge on any atom is -0.484 e. The number of urea groups is 1. The first kappa shape index (κ1) is 19.0. The highest BCUT2D eigenvalue weighted by Gasteiger charge is 2.28. The molecule has 0 radical (unpaired) electrons. The molecule has 0 atom stereocenters. The van der Waals surface area contributed by atoms with Crippen molar-refractivity contribution in [2.24, 2.45) is 0 Å². The number of alkyl halides is 3. The van der Waals surface area contributed by atoms with Crippen LogP contribution in [-0.2, 0) is 6.54 Å². The average Bonchev–Trinajstić information content (AvgIpc) is 2.59. The van der Waals surface area contributed by atoms with Crippen LogP contribution in [0.3, 0.4) is 0 Å². The van der Waals surface area contributed by atoms with Crippen molar-refractivity contribution >= 4 is 17.4 Å². The van der Waals surface area contributed by atoms with Gasteiger partial charge in [-0.2, -0.15) is 13.2 Å². The van der Waals surface area contributed by atoms with Gasteiger partial charge in [0, 0.05) is 24.4 Å². The van der Waals surface area contributed by atoms with Gasteiger partial charge in [0.1, 0.15) is 5.75 Å². The number of amides is 2. The zero-order valence-corrected chi connectivity index (χ0v) is 13.2. The van der Waals surface area contributed by atoms with Crippen LogP contribution < -0.4 is 15.4 Å². The molecule has 0 aromatic heterocycles. The van der Waals surface area contributed by atoms with E-state index in [9.17, 15) is 28.1 Å². The maximum atomic E-state index is 12.1. The van der Waals surface area contributed by atoms with Crippen molar-refractivity contribution in [2.75, 3.05) is 11.9 Å². The van der Waals surface area contributed by atoms with Gasteiger partial charge in [0.25, 0.3) is 5.69 Å². The molecule has 2 aromatic rings. The SMILES string of the molecule is O=C(NCc1ccc(OCC(F)(F)F)cc1)Nc1ccc([N+](=O)[O-])cc1. The lowest BCUT2D eigenvalue weighted by molar-refractivity contribution is -0.384. The number of nitro benzene ring substituents is 1. The van der Waals surface area contributed by atoms with E-state index in [-0.39, 0.29) is 18.0 Å². The summed E-state index contributed by atoms with van der Waals surface area (Å²) >= 11 is 0. The van der Waals surface area contributed by atoms with Gasteiger partial charge >= 0.3 is 12.2 Å². The Balaban J connectivity index is 1.80. The molecule has 0 saturated carbocycles. The van der Waals surface area contributed by atoms with Crippen LogP contribution in [0.2, 0.25) is 0 Å². The summed E-state index contributed by atoms with van der Waals surface area (Å²) in [4.78, 5) is 21.8. The van der Waals surface area contributed by atoms with Gasteiger partial charge in [-0.3, -0.25) is 10.1 Å². The fourth-order valence-electron chi connectivity index (χ4n) is 1.89. The molecule has 0 fully saturated rings. The number of hydrogen-bond acceptors (Lipinski definition) is 4. The standard InChI is InChI=1S/C16H14F3N3O4/c17-16(18,19)10-26-14-7-1-11(2-8-14)9-20-15(23)21-12-3-5-13(6-4-12)22(24)25/h1-8H,9-10H2,(H2,20,21,23). The predicted molar refractivity (Wildman–Crippen MR) is 86.9 cm³/mol. The Kier molecular flexibility index (Phi) is 5.99. The molecule has 0 saturated heterocycles. The monoisotopic (exact) mass is 369 g/mol. The first-order valence-corrected chi connectivity index (χ1v) is 7.31. The molecule has 26 heavy (non-hydrogen) atoms. The summed E-state index contributed by atoms with van der Waals surface area (Å²) in [7, 11) is 0. The minimum absolute atomic E-state index is 0.0707. The number of hydrogen-bond donors (Lipinski definition) is 2. The van der Waals surface area contributed by atoms with Crippen LogP contribution in [-0.4, -0.2) is 23.7 Å². The Morgan fingerprint density at radius 3 is 2.23 bits per heavy atom. The van der Waals surface area contributed by atoms with Crippen LogP contribution in [0, 0.1) is 10.1 Å². The number of ether oxygens (including phenoxy) is 1. The Morgan fingerprint density at radius 2 is 1.69 bits per heavy atom. The second-order valence-corrected chi connectivity index (χ2v) is 5.16. The highest BCUT2D eigenvalue weighted by molar-refractivity contribution is 5.89. The smallest absolute Gasteiger partial charge is 0.422 e. The molecular weight excluding hydrogens is 355 g/mol. The van der Waals surface area contributed by atoms with E-state index in [1.807, 2.05) is 0 Å². The molecule has 0 bridgehead atoms. The fourth-order valence-corrected chi connectivity index (χ4v) is 1.89. The summed E-state index contributed by atoms with van der Waals surface area (Å²) < 4.78 is 40.8. The number of anilines is 1. The molecule has 0 aliphatic rings. The van der Waals surface area contributed by atoms with Crippen LogP contribution in [0.1, 0.15) is 5.56 Å². The van der Waals surface area contributed by atoms with Crippen LogP contribution in [0.4, 0.5) is 29.3 Å². The maximum Gasteiger partial charge on any atom is 0.422 e. The third-order valence-electron chi connectivity index (χ3n) is 3.11. The van der Waals surface area contributed by atoms with Crippen LogP contribution in [0.25, 0.3) is 0 Å². The van der Waals surface area contributed by atoms with Gasteiger partial charge in [0.2, 0.25) is 0 Å². The van der Waals surface area contributed by atoms with E-state index in [0.29, 0.717) is 11.3 Å². The summed E-state index contributed by atoms with van der Waals surface area (Å²) in [6.07, 6.45) is -4.41. The fraction of sp³-hybridized carbons (Fsp3) is 0.188. The van der Waals surface area contributed by atoms with E-state index >= 15 is 0 Å². The summed E-state index contributed by atoms with van der Waals surface area (Å²) in [5, 5.41) is 15.6. The van der Waals surface area contributed by atoms with Gasteiger partial charge in [-0.15, -0.1) is 0 Å². The van der Waals surface area contributed by atoms with Crippen LogP contribution in [0.15, 0.2) is 48.5 Å². The second-order valence-electron chi connectivity index (χ2n) is 5.16. The van der Waals surface area contributed by atoms with Crippen molar-refractivity contribution in [1.82, 2.24) is 5.32 Å². The third-order valence-corrected chi connectivity index (χ3v) is 3.11. The van der Waals surface area contributed by atoms with E-state index in [1.54, 1.807) is 0 Å². The topological polar surface area (TPSA) is 93.5 Å². The van der Waals surface area contributed by atoms with Gasteiger partial charge in [-0.05, 0) is 29.8 Å². The van der Waals surface area contributed by atoms with Crippen molar-refractivity contribution in [3.63, 3.8) is 0 Å². The largest absolute Gasteiger partial charge is 0.484 e. The molecule has 0 heterocycles. The molecule has 0 aliphatic heterocycles. The van der Waals surface area contributed by atoms with Crippen molar-refractivity contribution in [3.05, 3.63) is 64.2 Å².